The number of benzene rings is 1. The first-order chi connectivity index (χ1) is 13.7. The van der Waals surface area contributed by atoms with E-state index in [1.54, 1.807) is 12.1 Å². The van der Waals surface area contributed by atoms with Crippen molar-refractivity contribution >= 4 is 22.1 Å². The van der Waals surface area contributed by atoms with Gasteiger partial charge in [0.15, 0.2) is 0 Å². The Balaban J connectivity index is 2.54. The minimum absolute atomic E-state index is 0.125. The van der Waals surface area contributed by atoms with E-state index in [0.29, 0.717) is 12.8 Å². The lowest BCUT2D eigenvalue weighted by molar-refractivity contribution is -0.138. The van der Waals surface area contributed by atoms with Crippen molar-refractivity contribution in [3.63, 3.8) is 0 Å². The summed E-state index contributed by atoms with van der Waals surface area (Å²) in [4.78, 5) is 21.0. The number of unbranched alkanes of at least 4 members (excludes halogenated alkanes) is 6. The van der Waals surface area contributed by atoms with Crippen molar-refractivity contribution < 1.29 is 32.8 Å². The van der Waals surface area contributed by atoms with Crippen LogP contribution in [0.4, 0.5) is 0 Å². The van der Waals surface area contributed by atoms with E-state index >= 15 is 0 Å². The van der Waals surface area contributed by atoms with Gasteiger partial charge in [-0.2, -0.15) is 8.42 Å². The van der Waals surface area contributed by atoms with Gasteiger partial charge in [0.2, 0.25) is 0 Å². The largest absolute Gasteiger partial charge is 0.481 e. The maximum Gasteiger partial charge on any atom is 0.303 e. The maximum absolute atomic E-state index is 11.2. The van der Waals surface area contributed by atoms with E-state index in [-0.39, 0.29) is 23.7 Å². The van der Waals surface area contributed by atoms with Crippen molar-refractivity contribution in [2.75, 3.05) is 0 Å². The van der Waals surface area contributed by atoms with Gasteiger partial charge in [-0.25, -0.2) is 0 Å². The molecule has 0 radical (unpaired) electrons. The fourth-order valence-electron chi connectivity index (χ4n) is 3.43. The number of hydrogen-bond acceptors (Lipinski definition) is 4. The standard InChI is InChI=1S/C21H32O7S/c22-20(23)11-7-3-1-2-5-9-17(10-6-4-8-12-21(24)25)18-13-15-19(16-14-18)29(26,27)28/h13-17H,1-12H2,(H,22,23)(H,24,25)(H,26,27,28). The third kappa shape index (κ3) is 11.6. The van der Waals surface area contributed by atoms with Gasteiger partial charge in [-0.05, 0) is 49.3 Å². The Morgan fingerprint density at radius 1 is 0.724 bits per heavy atom. The van der Waals surface area contributed by atoms with Crippen molar-refractivity contribution in [1.29, 1.82) is 0 Å². The molecule has 1 aromatic carbocycles. The molecule has 1 atom stereocenters. The summed E-state index contributed by atoms with van der Waals surface area (Å²) in [5.41, 5.74) is 1.02. The molecule has 1 unspecified atom stereocenters. The first-order valence-electron chi connectivity index (χ1n) is 10.2. The van der Waals surface area contributed by atoms with E-state index in [2.05, 4.69) is 0 Å². The quantitative estimate of drug-likeness (QED) is 0.253. The third-order valence-corrected chi connectivity index (χ3v) is 5.90. The monoisotopic (exact) mass is 428 g/mol. The zero-order chi connectivity index (χ0) is 21.7. The molecule has 0 bridgehead atoms. The van der Waals surface area contributed by atoms with Crippen LogP contribution in [0, 0.1) is 0 Å². The molecule has 1 aromatic rings. The SMILES string of the molecule is O=C(O)CCCCCCCC(CCCCCC(=O)O)c1ccc(S(=O)(=O)O)cc1. The average Bonchev–Trinajstić information content (AvgIpc) is 2.64. The minimum Gasteiger partial charge on any atom is -0.481 e. The smallest absolute Gasteiger partial charge is 0.303 e. The van der Waals surface area contributed by atoms with Gasteiger partial charge in [0, 0.05) is 12.8 Å². The van der Waals surface area contributed by atoms with Crippen molar-refractivity contribution in [3.8, 4) is 0 Å². The van der Waals surface area contributed by atoms with Gasteiger partial charge in [-0.15, -0.1) is 0 Å². The summed E-state index contributed by atoms with van der Waals surface area (Å²) < 4.78 is 31.6. The summed E-state index contributed by atoms with van der Waals surface area (Å²) in [5.74, 6) is -1.30. The Bertz CT molecular complexity index is 726. The van der Waals surface area contributed by atoms with Crippen LogP contribution in [0.1, 0.15) is 88.5 Å². The molecule has 0 heterocycles. The Morgan fingerprint density at radius 2 is 1.14 bits per heavy atom. The molecule has 0 aliphatic heterocycles. The Morgan fingerprint density at radius 3 is 1.59 bits per heavy atom. The minimum atomic E-state index is -4.21. The van der Waals surface area contributed by atoms with Gasteiger partial charge < -0.3 is 10.2 Å². The van der Waals surface area contributed by atoms with Crippen molar-refractivity contribution in [3.05, 3.63) is 29.8 Å². The maximum atomic E-state index is 11.2. The average molecular weight is 429 g/mol. The van der Waals surface area contributed by atoms with Gasteiger partial charge in [0.05, 0.1) is 4.90 Å². The first-order valence-corrected chi connectivity index (χ1v) is 11.6. The summed E-state index contributed by atoms with van der Waals surface area (Å²) in [6.45, 7) is 0. The molecule has 29 heavy (non-hydrogen) atoms. The second-order valence-corrected chi connectivity index (χ2v) is 8.86. The summed E-state index contributed by atoms with van der Waals surface area (Å²) in [7, 11) is -4.21. The molecule has 164 valence electrons. The molecule has 0 aliphatic rings. The lowest BCUT2D eigenvalue weighted by Crippen LogP contribution is -2.03. The van der Waals surface area contributed by atoms with E-state index in [9.17, 15) is 18.0 Å². The van der Waals surface area contributed by atoms with Crippen molar-refractivity contribution in [2.45, 2.75) is 87.9 Å². The third-order valence-electron chi connectivity index (χ3n) is 5.04. The van der Waals surface area contributed by atoms with Gasteiger partial charge in [0.1, 0.15) is 0 Å². The van der Waals surface area contributed by atoms with Crippen LogP contribution in [-0.2, 0) is 19.7 Å². The van der Waals surface area contributed by atoms with Gasteiger partial charge in [-0.3, -0.25) is 14.1 Å². The van der Waals surface area contributed by atoms with Crippen LogP contribution in [0.3, 0.4) is 0 Å². The molecule has 3 N–H and O–H groups in total. The summed E-state index contributed by atoms with van der Waals surface area (Å²) >= 11 is 0. The topological polar surface area (TPSA) is 129 Å². The second-order valence-electron chi connectivity index (χ2n) is 7.43. The van der Waals surface area contributed by atoms with Crippen LogP contribution in [-0.4, -0.2) is 35.1 Å². The lowest BCUT2D eigenvalue weighted by atomic mass is 9.88. The van der Waals surface area contributed by atoms with E-state index in [1.165, 1.54) is 12.1 Å². The fourth-order valence-corrected chi connectivity index (χ4v) is 3.91. The number of carboxylic acid groups (broad SMARTS) is 2. The zero-order valence-electron chi connectivity index (χ0n) is 16.8. The van der Waals surface area contributed by atoms with Gasteiger partial charge in [-0.1, -0.05) is 50.7 Å². The van der Waals surface area contributed by atoms with E-state index in [0.717, 1.165) is 56.9 Å². The molecule has 0 spiro atoms. The molecular weight excluding hydrogens is 396 g/mol. The molecular formula is C21H32O7S. The predicted octanol–water partition coefficient (Wildman–Crippen LogP) is 4.87. The van der Waals surface area contributed by atoms with E-state index in [4.69, 9.17) is 14.8 Å². The first kappa shape index (κ1) is 25.1. The summed E-state index contributed by atoms with van der Waals surface area (Å²) in [5, 5.41) is 17.4. The molecule has 8 heteroatoms. The van der Waals surface area contributed by atoms with E-state index < -0.39 is 22.1 Å². The highest BCUT2D eigenvalue weighted by Gasteiger charge is 2.14. The number of aliphatic carboxylic acids is 2. The van der Waals surface area contributed by atoms with Crippen LogP contribution >= 0.6 is 0 Å². The molecule has 0 aliphatic carbocycles. The normalized spacial score (nSPS) is 12.6. The highest BCUT2D eigenvalue weighted by atomic mass is 32.2. The summed E-state index contributed by atoms with van der Waals surface area (Å²) in [6, 6.07) is 6.29. The number of rotatable bonds is 16. The molecule has 0 aromatic heterocycles. The lowest BCUT2D eigenvalue weighted by Gasteiger charge is -2.18. The Kier molecular flexibility index (Phi) is 11.5. The second kappa shape index (κ2) is 13.3. The van der Waals surface area contributed by atoms with Crippen molar-refractivity contribution in [1.82, 2.24) is 0 Å². The molecule has 0 fully saturated rings. The molecule has 1 rings (SSSR count). The number of carboxylic acids is 2. The van der Waals surface area contributed by atoms with Crippen molar-refractivity contribution in [2.24, 2.45) is 0 Å². The molecule has 0 saturated heterocycles. The molecule has 0 saturated carbocycles. The van der Waals surface area contributed by atoms with Crippen LogP contribution in [0.15, 0.2) is 29.2 Å². The highest BCUT2D eigenvalue weighted by molar-refractivity contribution is 7.85. The van der Waals surface area contributed by atoms with E-state index in [1.807, 2.05) is 0 Å². The van der Waals surface area contributed by atoms with Crippen LogP contribution < -0.4 is 0 Å². The number of carbonyl (C=O) groups is 2. The Hall–Kier alpha value is -1.93. The van der Waals surface area contributed by atoms with Crippen LogP contribution in [0.2, 0.25) is 0 Å². The highest BCUT2D eigenvalue weighted by Crippen LogP contribution is 2.29. The van der Waals surface area contributed by atoms with Crippen LogP contribution in [0.25, 0.3) is 0 Å². The van der Waals surface area contributed by atoms with Gasteiger partial charge in [0.25, 0.3) is 10.1 Å². The summed E-state index contributed by atoms with van der Waals surface area (Å²) in [6.07, 6.45) is 9.17. The molecule has 0 amide bonds. The number of hydrogen-bond donors (Lipinski definition) is 3. The predicted molar refractivity (Wildman–Crippen MR) is 110 cm³/mol. The van der Waals surface area contributed by atoms with Gasteiger partial charge >= 0.3 is 11.9 Å². The zero-order valence-corrected chi connectivity index (χ0v) is 17.6. The van der Waals surface area contributed by atoms with Crippen LogP contribution in [0.5, 0.6) is 0 Å². The Labute approximate surface area is 172 Å². The molecule has 7 nitrogen and oxygen atoms in total. The fraction of sp³-hybridized carbons (Fsp3) is 0.619.